The first-order chi connectivity index (χ1) is 9.44. The van der Waals surface area contributed by atoms with Crippen LogP contribution in [-0.2, 0) is 6.42 Å². The molecule has 0 heterocycles. The molecule has 106 valence electrons. The molecule has 0 aliphatic rings. The number of benzene rings is 2. The van der Waals surface area contributed by atoms with E-state index < -0.39 is 0 Å². The van der Waals surface area contributed by atoms with Gasteiger partial charge in [-0.15, -0.1) is 0 Å². The summed E-state index contributed by atoms with van der Waals surface area (Å²) in [5, 5.41) is 1.08. The van der Waals surface area contributed by atoms with Crippen LogP contribution in [0.1, 0.15) is 12.5 Å². The van der Waals surface area contributed by atoms with E-state index in [1.807, 2.05) is 25.1 Å². The number of rotatable bonds is 4. The second-order valence-electron chi connectivity index (χ2n) is 4.64. The Bertz CT molecular complexity index is 597. The molecule has 0 spiro atoms. The van der Waals surface area contributed by atoms with Crippen molar-refractivity contribution in [3.05, 3.63) is 56.5 Å². The van der Waals surface area contributed by atoms with Gasteiger partial charge in [-0.1, -0.05) is 45.2 Å². The molecular weight excluding hydrogens is 361 g/mol. The molecule has 0 radical (unpaired) electrons. The van der Waals surface area contributed by atoms with Crippen LogP contribution in [-0.4, -0.2) is 6.04 Å². The zero-order valence-corrected chi connectivity index (χ0v) is 14.0. The predicted octanol–water partition coefficient (Wildman–Crippen LogP) is 5.44. The van der Waals surface area contributed by atoms with Gasteiger partial charge in [-0.2, -0.15) is 0 Å². The van der Waals surface area contributed by atoms with Crippen molar-refractivity contribution in [2.24, 2.45) is 5.73 Å². The molecule has 20 heavy (non-hydrogen) atoms. The predicted molar refractivity (Wildman–Crippen MR) is 88.0 cm³/mol. The van der Waals surface area contributed by atoms with Crippen LogP contribution >= 0.6 is 39.1 Å². The van der Waals surface area contributed by atoms with E-state index in [0.717, 1.165) is 22.2 Å². The zero-order valence-electron chi connectivity index (χ0n) is 10.9. The monoisotopic (exact) mass is 373 g/mol. The summed E-state index contributed by atoms with van der Waals surface area (Å²) in [4.78, 5) is 0. The first-order valence-corrected chi connectivity index (χ1v) is 7.67. The molecule has 2 aromatic rings. The molecule has 0 aromatic heterocycles. The second kappa shape index (κ2) is 6.81. The van der Waals surface area contributed by atoms with Crippen molar-refractivity contribution in [1.82, 2.24) is 0 Å². The summed E-state index contributed by atoms with van der Waals surface area (Å²) < 4.78 is 6.84. The minimum Gasteiger partial charge on any atom is -0.457 e. The first-order valence-electron chi connectivity index (χ1n) is 6.12. The van der Waals surface area contributed by atoms with Gasteiger partial charge >= 0.3 is 0 Å². The van der Waals surface area contributed by atoms with Gasteiger partial charge in [-0.05, 0) is 49.2 Å². The summed E-state index contributed by atoms with van der Waals surface area (Å²) in [6.07, 6.45) is 0.733. The Morgan fingerprint density at radius 2 is 1.80 bits per heavy atom. The highest BCUT2D eigenvalue weighted by molar-refractivity contribution is 9.10. The van der Waals surface area contributed by atoms with Crippen LogP contribution in [0.15, 0.2) is 40.9 Å². The first kappa shape index (κ1) is 15.6. The Balaban J connectivity index is 2.33. The fraction of sp³-hybridized carbons (Fsp3) is 0.200. The van der Waals surface area contributed by atoms with E-state index in [1.54, 1.807) is 18.2 Å². The fourth-order valence-electron chi connectivity index (χ4n) is 1.85. The molecule has 0 saturated carbocycles. The lowest BCUT2D eigenvalue weighted by Crippen LogP contribution is -2.18. The minimum atomic E-state index is 0.0569. The van der Waals surface area contributed by atoms with Crippen molar-refractivity contribution < 1.29 is 4.74 Å². The molecule has 0 amide bonds. The minimum absolute atomic E-state index is 0.0569. The summed E-state index contributed by atoms with van der Waals surface area (Å²) in [7, 11) is 0. The normalized spacial score (nSPS) is 12.2. The van der Waals surface area contributed by atoms with Crippen molar-refractivity contribution >= 4 is 39.1 Å². The Kier molecular flexibility index (Phi) is 5.33. The SMILES string of the molecule is CC(N)Cc1ccc(Br)cc1Oc1cc(Cl)cc(Cl)c1. The van der Waals surface area contributed by atoms with E-state index >= 15 is 0 Å². The Labute approximate surface area is 137 Å². The molecule has 5 heteroatoms. The molecular formula is C15H14BrCl2NO. The van der Waals surface area contributed by atoms with Gasteiger partial charge in [-0.25, -0.2) is 0 Å². The number of nitrogens with two attached hydrogens (primary N) is 1. The lowest BCUT2D eigenvalue weighted by Gasteiger charge is -2.14. The fourth-order valence-corrected chi connectivity index (χ4v) is 2.70. The third-order valence-corrected chi connectivity index (χ3v) is 3.56. The molecule has 0 aliphatic heterocycles. The number of ether oxygens (including phenoxy) is 1. The Hall–Kier alpha value is -0.740. The van der Waals surface area contributed by atoms with Crippen LogP contribution in [0.4, 0.5) is 0 Å². The average molecular weight is 375 g/mol. The van der Waals surface area contributed by atoms with E-state index in [0.29, 0.717) is 15.8 Å². The second-order valence-corrected chi connectivity index (χ2v) is 6.43. The van der Waals surface area contributed by atoms with Crippen LogP contribution < -0.4 is 10.5 Å². The van der Waals surface area contributed by atoms with Gasteiger partial charge in [-0.3, -0.25) is 0 Å². The van der Waals surface area contributed by atoms with Crippen LogP contribution in [0.2, 0.25) is 10.0 Å². The lowest BCUT2D eigenvalue weighted by molar-refractivity contribution is 0.473. The molecule has 2 aromatic carbocycles. The maximum atomic E-state index is 5.98. The summed E-state index contributed by atoms with van der Waals surface area (Å²) >= 11 is 15.4. The maximum Gasteiger partial charge on any atom is 0.131 e. The van der Waals surface area contributed by atoms with Crippen molar-refractivity contribution in [3.8, 4) is 11.5 Å². The Morgan fingerprint density at radius 1 is 1.15 bits per heavy atom. The highest BCUT2D eigenvalue weighted by Gasteiger charge is 2.09. The average Bonchev–Trinajstić information content (AvgIpc) is 2.31. The van der Waals surface area contributed by atoms with E-state index in [2.05, 4.69) is 15.9 Å². The number of halogens is 3. The summed E-state index contributed by atoms with van der Waals surface area (Å²) in [6, 6.07) is 11.0. The van der Waals surface area contributed by atoms with Crippen LogP contribution in [0, 0.1) is 0 Å². The molecule has 1 unspecified atom stereocenters. The molecule has 2 rings (SSSR count). The van der Waals surface area contributed by atoms with E-state index in [-0.39, 0.29) is 6.04 Å². The highest BCUT2D eigenvalue weighted by Crippen LogP contribution is 2.32. The van der Waals surface area contributed by atoms with Gasteiger partial charge in [0.05, 0.1) is 0 Å². The Morgan fingerprint density at radius 3 is 2.40 bits per heavy atom. The van der Waals surface area contributed by atoms with Gasteiger partial charge in [0.15, 0.2) is 0 Å². The summed E-state index contributed by atoms with van der Waals surface area (Å²) in [6.45, 7) is 1.96. The van der Waals surface area contributed by atoms with Crippen molar-refractivity contribution in [1.29, 1.82) is 0 Å². The standard InChI is InChI=1S/C15H14BrCl2NO/c1-9(19)4-10-2-3-11(16)5-15(10)20-14-7-12(17)6-13(18)8-14/h2-3,5-9H,4,19H2,1H3. The highest BCUT2D eigenvalue weighted by atomic mass is 79.9. The summed E-state index contributed by atoms with van der Waals surface area (Å²) in [5.41, 5.74) is 6.90. The van der Waals surface area contributed by atoms with E-state index in [4.69, 9.17) is 33.7 Å². The van der Waals surface area contributed by atoms with Crippen molar-refractivity contribution in [2.75, 3.05) is 0 Å². The third-order valence-electron chi connectivity index (χ3n) is 2.63. The van der Waals surface area contributed by atoms with Crippen LogP contribution in [0.3, 0.4) is 0 Å². The molecule has 2 N–H and O–H groups in total. The number of hydrogen-bond donors (Lipinski definition) is 1. The molecule has 2 nitrogen and oxygen atoms in total. The molecule has 0 saturated heterocycles. The van der Waals surface area contributed by atoms with Crippen molar-refractivity contribution in [3.63, 3.8) is 0 Å². The smallest absolute Gasteiger partial charge is 0.131 e. The van der Waals surface area contributed by atoms with Crippen LogP contribution in [0.25, 0.3) is 0 Å². The topological polar surface area (TPSA) is 35.2 Å². The maximum absolute atomic E-state index is 5.98. The largest absolute Gasteiger partial charge is 0.457 e. The van der Waals surface area contributed by atoms with Gasteiger partial charge in [0.1, 0.15) is 11.5 Å². The van der Waals surface area contributed by atoms with Crippen molar-refractivity contribution in [2.45, 2.75) is 19.4 Å². The lowest BCUT2D eigenvalue weighted by atomic mass is 10.1. The molecule has 0 bridgehead atoms. The third kappa shape index (κ3) is 4.38. The van der Waals surface area contributed by atoms with Gasteiger partial charge < -0.3 is 10.5 Å². The van der Waals surface area contributed by atoms with Crippen LogP contribution in [0.5, 0.6) is 11.5 Å². The van der Waals surface area contributed by atoms with Gasteiger partial charge in [0.2, 0.25) is 0 Å². The van der Waals surface area contributed by atoms with Gasteiger partial charge in [0, 0.05) is 20.6 Å². The molecule has 1 atom stereocenters. The zero-order chi connectivity index (χ0) is 14.7. The molecule has 0 fully saturated rings. The quantitative estimate of drug-likeness (QED) is 0.773. The van der Waals surface area contributed by atoms with E-state index in [1.165, 1.54) is 0 Å². The van der Waals surface area contributed by atoms with E-state index in [9.17, 15) is 0 Å². The summed E-state index contributed by atoms with van der Waals surface area (Å²) in [5.74, 6) is 1.35. The molecule has 0 aliphatic carbocycles. The van der Waals surface area contributed by atoms with Gasteiger partial charge in [0.25, 0.3) is 0 Å². The number of hydrogen-bond acceptors (Lipinski definition) is 2.